The lowest BCUT2D eigenvalue weighted by Crippen LogP contribution is -2.54. The molecule has 1 N–H and O–H groups in total. The molecule has 0 bridgehead atoms. The van der Waals surface area contributed by atoms with Crippen LogP contribution in [-0.4, -0.2) is 71.9 Å². The highest BCUT2D eigenvalue weighted by molar-refractivity contribution is 5.90. The largest absolute Gasteiger partial charge is 0.444 e. The summed E-state index contributed by atoms with van der Waals surface area (Å²) in [5, 5.41) is 14.3. The monoisotopic (exact) mass is 808 g/mol. The van der Waals surface area contributed by atoms with E-state index in [0.717, 1.165) is 27.8 Å². The van der Waals surface area contributed by atoms with Gasteiger partial charge >= 0.3 is 12.2 Å². The van der Waals surface area contributed by atoms with Crippen molar-refractivity contribution in [2.24, 2.45) is 10.3 Å². The minimum absolute atomic E-state index is 0.180. The van der Waals surface area contributed by atoms with E-state index in [1.54, 1.807) is 12.1 Å². The van der Waals surface area contributed by atoms with Crippen molar-refractivity contribution >= 4 is 23.8 Å². The Bertz CT molecular complexity index is 2290. The molecule has 5 aromatic rings. The lowest BCUT2D eigenvalue weighted by molar-refractivity contribution is -0.119. The Hall–Kier alpha value is -6.56. The number of ether oxygens (including phenoxy) is 2. The van der Waals surface area contributed by atoms with E-state index in [1.807, 2.05) is 98.5 Å². The molecule has 5 aromatic carbocycles. The molecule has 2 unspecified atom stereocenters. The van der Waals surface area contributed by atoms with Crippen LogP contribution in [-0.2, 0) is 26.2 Å². The fraction of sp³-hybridized carbons (Fsp3) is 0.312. The summed E-state index contributed by atoms with van der Waals surface area (Å²) in [6, 6.07) is 40.8. The number of cyclic esters (lactones) is 1. The smallest absolute Gasteiger partial charge is 0.414 e. The van der Waals surface area contributed by atoms with Crippen molar-refractivity contribution in [2.45, 2.75) is 69.9 Å². The summed E-state index contributed by atoms with van der Waals surface area (Å²) in [6.07, 6.45) is -0.230. The second kappa shape index (κ2) is 16.6. The maximum Gasteiger partial charge on any atom is 0.414 e. The fourth-order valence-corrected chi connectivity index (χ4v) is 8.73. The Labute approximate surface area is 349 Å². The molecule has 1 fully saturated rings. The van der Waals surface area contributed by atoms with Gasteiger partial charge in [0.2, 0.25) is 5.91 Å². The van der Waals surface area contributed by atoms with Gasteiger partial charge in [0.25, 0.3) is 0 Å². The molecule has 0 spiro atoms. The van der Waals surface area contributed by atoms with Crippen LogP contribution in [0.4, 0.5) is 19.7 Å². The fourth-order valence-electron chi connectivity index (χ4n) is 8.73. The van der Waals surface area contributed by atoms with Crippen LogP contribution in [0.1, 0.15) is 68.0 Å². The molecule has 11 nitrogen and oxygen atoms in total. The Balaban J connectivity index is 1.11. The SMILES string of the molecule is CC(=O)NC[C@H]1CN(c2ccc(-c3ccc4c(c3)CCC4N(CC3CN=NN3C(c3ccccc3)(c3ccccc3)c3ccccc3)C(=O)OC(C)(C)C)c(F)c2)C(=O)O1. The van der Waals surface area contributed by atoms with Gasteiger partial charge in [0, 0.05) is 19.0 Å². The number of nitrogens with one attached hydrogen (secondary N) is 1. The average Bonchev–Trinajstić information content (AvgIpc) is 3.98. The minimum atomic E-state index is -0.875. The lowest BCUT2D eigenvalue weighted by Gasteiger charge is -2.45. The average molecular weight is 809 g/mol. The lowest BCUT2D eigenvalue weighted by atomic mass is 9.75. The van der Waals surface area contributed by atoms with E-state index in [2.05, 4.69) is 51.8 Å². The number of fused-ring (bicyclic) bond motifs is 1. The van der Waals surface area contributed by atoms with Crippen LogP contribution in [0.2, 0.25) is 0 Å². The zero-order valence-electron chi connectivity index (χ0n) is 34.3. The first-order valence-corrected chi connectivity index (χ1v) is 20.4. The molecule has 60 heavy (non-hydrogen) atoms. The second-order valence-corrected chi connectivity index (χ2v) is 16.5. The van der Waals surface area contributed by atoms with Gasteiger partial charge in [-0.25, -0.2) is 14.0 Å². The zero-order valence-corrected chi connectivity index (χ0v) is 34.3. The van der Waals surface area contributed by atoms with Crippen molar-refractivity contribution in [3.63, 3.8) is 0 Å². The number of carbonyl (C=O) groups is 3. The topological polar surface area (TPSA) is 116 Å². The highest BCUT2D eigenvalue weighted by Crippen LogP contribution is 2.46. The van der Waals surface area contributed by atoms with Crippen molar-refractivity contribution in [1.82, 2.24) is 15.2 Å². The number of hydrogen-bond acceptors (Lipinski definition) is 8. The van der Waals surface area contributed by atoms with Crippen molar-refractivity contribution in [1.29, 1.82) is 0 Å². The van der Waals surface area contributed by atoms with Gasteiger partial charge in [0.15, 0.2) is 0 Å². The Kier molecular flexibility index (Phi) is 11.1. The summed E-state index contributed by atoms with van der Waals surface area (Å²) >= 11 is 0. The van der Waals surface area contributed by atoms with E-state index in [-0.39, 0.29) is 37.6 Å². The summed E-state index contributed by atoms with van der Waals surface area (Å²) in [5.74, 6) is -0.707. The highest BCUT2D eigenvalue weighted by Gasteiger charge is 2.49. The third-order valence-electron chi connectivity index (χ3n) is 11.3. The summed E-state index contributed by atoms with van der Waals surface area (Å²) in [7, 11) is 0. The predicted octanol–water partition coefficient (Wildman–Crippen LogP) is 9.22. The Morgan fingerprint density at radius 3 is 2.10 bits per heavy atom. The highest BCUT2D eigenvalue weighted by atomic mass is 19.1. The molecule has 3 amide bonds. The Morgan fingerprint density at radius 1 is 0.883 bits per heavy atom. The molecule has 3 aliphatic rings. The number of hydrogen-bond donors (Lipinski definition) is 1. The molecule has 308 valence electrons. The number of anilines is 1. The quantitative estimate of drug-likeness (QED) is 0.133. The first kappa shape index (κ1) is 40.2. The number of aryl methyl sites for hydroxylation is 1. The van der Waals surface area contributed by atoms with Crippen LogP contribution < -0.4 is 10.2 Å². The molecule has 1 aliphatic carbocycles. The molecular weight excluding hydrogens is 760 g/mol. The van der Waals surface area contributed by atoms with Gasteiger partial charge in [-0.3, -0.25) is 19.6 Å². The molecule has 1 saturated heterocycles. The van der Waals surface area contributed by atoms with E-state index in [1.165, 1.54) is 17.9 Å². The summed E-state index contributed by atoms with van der Waals surface area (Å²) < 4.78 is 27.4. The first-order chi connectivity index (χ1) is 28.9. The standard InChI is InChI=1S/C48H49FN6O5/c1-32(56)50-29-40-31-53(45(57)59-40)38-22-24-41(43(49)27-38)33-20-23-42-34(26-33)21-25-44(42)54(46(58)60-47(2,3)4)30-39-28-51-52-55(39)48(35-14-8-5-9-15-35,36-16-10-6-11-17-36)37-18-12-7-13-19-37/h5-20,22-24,26-27,39-40,44H,21,25,28-31H2,1-4H3,(H,50,56)/t39?,40-,44?/m0/s1. The first-order valence-electron chi connectivity index (χ1n) is 20.4. The summed E-state index contributed by atoms with van der Waals surface area (Å²) in [4.78, 5) is 41.6. The van der Waals surface area contributed by atoms with Gasteiger partial charge in [-0.1, -0.05) is 114 Å². The summed E-state index contributed by atoms with van der Waals surface area (Å²) in [5.41, 5.74) is 4.87. The van der Waals surface area contributed by atoms with Crippen LogP contribution >= 0.6 is 0 Å². The summed E-state index contributed by atoms with van der Waals surface area (Å²) in [6.45, 7) is 8.02. The van der Waals surface area contributed by atoms with Gasteiger partial charge in [0.1, 0.15) is 23.1 Å². The van der Waals surface area contributed by atoms with Gasteiger partial charge in [-0.05, 0) is 85.2 Å². The van der Waals surface area contributed by atoms with Crippen LogP contribution in [0.5, 0.6) is 0 Å². The second-order valence-electron chi connectivity index (χ2n) is 16.5. The van der Waals surface area contributed by atoms with Gasteiger partial charge in [-0.2, -0.15) is 5.11 Å². The third kappa shape index (κ3) is 7.93. The minimum Gasteiger partial charge on any atom is -0.444 e. The number of carbonyl (C=O) groups excluding carboxylic acids is 3. The molecule has 8 rings (SSSR count). The number of halogens is 1. The molecule has 3 atom stereocenters. The maximum atomic E-state index is 15.9. The van der Waals surface area contributed by atoms with Crippen molar-refractivity contribution < 1.29 is 28.2 Å². The molecule has 0 aromatic heterocycles. The normalized spacial score (nSPS) is 18.6. The number of nitrogens with zero attached hydrogens (tertiary/aromatic N) is 5. The van der Waals surface area contributed by atoms with E-state index in [9.17, 15) is 14.4 Å². The molecule has 0 saturated carbocycles. The van der Waals surface area contributed by atoms with Crippen LogP contribution in [0, 0.1) is 5.82 Å². The molecule has 2 heterocycles. The maximum absolute atomic E-state index is 15.9. The van der Waals surface area contributed by atoms with E-state index in [4.69, 9.17) is 14.7 Å². The van der Waals surface area contributed by atoms with Crippen molar-refractivity contribution in [2.75, 3.05) is 31.1 Å². The van der Waals surface area contributed by atoms with Gasteiger partial charge in [-0.15, -0.1) is 0 Å². The van der Waals surface area contributed by atoms with E-state index >= 15 is 4.39 Å². The van der Waals surface area contributed by atoms with Crippen molar-refractivity contribution in [3.8, 4) is 11.1 Å². The van der Waals surface area contributed by atoms with Crippen LogP contribution in [0.25, 0.3) is 11.1 Å². The van der Waals surface area contributed by atoms with E-state index in [0.29, 0.717) is 36.2 Å². The van der Waals surface area contributed by atoms with E-state index < -0.39 is 35.2 Å². The number of amides is 3. The molecule has 0 radical (unpaired) electrons. The number of rotatable bonds is 11. The van der Waals surface area contributed by atoms with Gasteiger partial charge < -0.3 is 14.8 Å². The van der Waals surface area contributed by atoms with Crippen LogP contribution in [0.3, 0.4) is 0 Å². The van der Waals surface area contributed by atoms with Crippen molar-refractivity contribution in [3.05, 3.63) is 161 Å². The van der Waals surface area contributed by atoms with Gasteiger partial charge in [0.05, 0.1) is 37.4 Å². The molecule has 12 heteroatoms. The van der Waals surface area contributed by atoms with Crippen LogP contribution in [0.15, 0.2) is 138 Å². The molecule has 2 aliphatic heterocycles. The number of benzene rings is 5. The molecular formula is C48H49FN6O5. The predicted molar refractivity (Wildman–Crippen MR) is 227 cm³/mol. The Morgan fingerprint density at radius 2 is 1.52 bits per heavy atom. The third-order valence-corrected chi connectivity index (χ3v) is 11.3. The zero-order chi connectivity index (χ0) is 42.0.